The molecule has 2 aromatic carbocycles. The minimum absolute atomic E-state index is 0.254. The molecular weight excluding hydrogens is 319 g/mol. The Morgan fingerprint density at radius 3 is 2.68 bits per heavy atom. The summed E-state index contributed by atoms with van der Waals surface area (Å²) in [7, 11) is 4.09. The number of carbonyl (C=O) groups is 1. The summed E-state index contributed by atoms with van der Waals surface area (Å²) in [5.74, 6) is -0.254. The maximum Gasteiger partial charge on any atom is 0.211 e. The first-order chi connectivity index (χ1) is 12.0. The van der Waals surface area contributed by atoms with E-state index in [4.69, 9.17) is 4.74 Å². The molecule has 1 unspecified atom stereocenters. The van der Waals surface area contributed by atoms with E-state index >= 15 is 0 Å². The normalized spacial score (nSPS) is 19.0. The first kappa shape index (κ1) is 17.6. The van der Waals surface area contributed by atoms with Gasteiger partial charge in [-0.05, 0) is 74.4 Å². The Morgan fingerprint density at radius 2 is 2.00 bits per heavy atom. The molecule has 0 fully saturated rings. The molecule has 0 aliphatic carbocycles. The van der Waals surface area contributed by atoms with Crippen LogP contribution >= 0.6 is 0 Å². The van der Waals surface area contributed by atoms with Crippen LogP contribution in [0.5, 0.6) is 0 Å². The van der Waals surface area contributed by atoms with Crippen molar-refractivity contribution in [3.8, 4) is 0 Å². The second-order valence-electron chi connectivity index (χ2n) is 6.66. The zero-order valence-electron chi connectivity index (χ0n) is 14.6. The summed E-state index contributed by atoms with van der Waals surface area (Å²) < 4.78 is 19.7. The fourth-order valence-electron chi connectivity index (χ4n) is 3.50. The van der Waals surface area contributed by atoms with E-state index in [2.05, 4.69) is 10.2 Å². The molecule has 1 N–H and O–H groups in total. The first-order valence-electron chi connectivity index (χ1n) is 8.43. The van der Waals surface area contributed by atoms with Gasteiger partial charge in [0, 0.05) is 5.69 Å². The van der Waals surface area contributed by atoms with Crippen LogP contribution in [0.4, 0.5) is 10.1 Å². The molecule has 4 nitrogen and oxygen atoms in total. The van der Waals surface area contributed by atoms with E-state index in [1.807, 2.05) is 32.3 Å². The summed E-state index contributed by atoms with van der Waals surface area (Å²) in [6.07, 6.45) is 2.43. The minimum atomic E-state index is -0.571. The Hall–Kier alpha value is -2.24. The van der Waals surface area contributed by atoms with Gasteiger partial charge in [-0.15, -0.1) is 0 Å². The fraction of sp³-hybridized carbons (Fsp3) is 0.350. The molecular formula is C20H23FN2O2. The second kappa shape index (κ2) is 7.33. The predicted octanol–water partition coefficient (Wildman–Crippen LogP) is 3.51. The van der Waals surface area contributed by atoms with Crippen molar-refractivity contribution in [1.82, 2.24) is 4.90 Å². The second-order valence-corrected chi connectivity index (χ2v) is 6.66. The average Bonchev–Trinajstić information content (AvgIpc) is 2.95. The quantitative estimate of drug-likeness (QED) is 0.783. The topological polar surface area (TPSA) is 41.6 Å². The van der Waals surface area contributed by atoms with E-state index in [1.54, 1.807) is 12.1 Å². The summed E-state index contributed by atoms with van der Waals surface area (Å²) in [4.78, 5) is 12.8. The Balaban J connectivity index is 1.99. The largest absolute Gasteiger partial charge is 0.361 e. The van der Waals surface area contributed by atoms with Crippen LogP contribution in [0.15, 0.2) is 42.5 Å². The standard InChI is InChI=1S/C20H23FN2O2/c1-23(2)11-3-10-20(16-4-6-17(21)7-5-16)19-9-8-18(22-14-24)12-15(19)13-25-20/h4-9,12,14H,3,10-11,13H2,1-2H3,(H,22,24). The third-order valence-corrected chi connectivity index (χ3v) is 4.68. The molecule has 1 aliphatic rings. The van der Waals surface area contributed by atoms with Crippen LogP contribution in [0.3, 0.4) is 0 Å². The van der Waals surface area contributed by atoms with Gasteiger partial charge in [-0.1, -0.05) is 18.2 Å². The zero-order valence-corrected chi connectivity index (χ0v) is 14.6. The number of anilines is 1. The number of benzene rings is 2. The van der Waals surface area contributed by atoms with E-state index in [-0.39, 0.29) is 5.82 Å². The first-order valence-corrected chi connectivity index (χ1v) is 8.43. The summed E-state index contributed by atoms with van der Waals surface area (Å²) in [6.45, 7) is 1.43. The number of hydrogen-bond acceptors (Lipinski definition) is 3. The van der Waals surface area contributed by atoms with Crippen molar-refractivity contribution < 1.29 is 13.9 Å². The van der Waals surface area contributed by atoms with Crippen molar-refractivity contribution >= 4 is 12.1 Å². The Bertz CT molecular complexity index is 746. The molecule has 0 saturated carbocycles. The van der Waals surface area contributed by atoms with Crippen LogP contribution in [0.2, 0.25) is 0 Å². The van der Waals surface area contributed by atoms with Crippen LogP contribution in [-0.2, 0) is 21.7 Å². The van der Waals surface area contributed by atoms with Gasteiger partial charge in [0.1, 0.15) is 11.4 Å². The molecule has 0 spiro atoms. The van der Waals surface area contributed by atoms with Crippen molar-refractivity contribution in [2.24, 2.45) is 0 Å². The van der Waals surface area contributed by atoms with Crippen LogP contribution < -0.4 is 5.32 Å². The maximum atomic E-state index is 13.4. The summed E-state index contributed by atoms with van der Waals surface area (Å²) >= 11 is 0. The van der Waals surface area contributed by atoms with Crippen molar-refractivity contribution in [2.45, 2.75) is 25.0 Å². The highest BCUT2D eigenvalue weighted by molar-refractivity contribution is 5.72. The van der Waals surface area contributed by atoms with Crippen molar-refractivity contribution in [1.29, 1.82) is 0 Å². The van der Waals surface area contributed by atoms with Crippen LogP contribution in [-0.4, -0.2) is 32.0 Å². The van der Waals surface area contributed by atoms with Gasteiger partial charge in [-0.25, -0.2) is 4.39 Å². The molecule has 1 aliphatic heterocycles. The number of hydrogen-bond donors (Lipinski definition) is 1. The van der Waals surface area contributed by atoms with Crippen molar-refractivity contribution in [3.05, 3.63) is 65.0 Å². The molecule has 1 atom stereocenters. The van der Waals surface area contributed by atoms with Gasteiger partial charge >= 0.3 is 0 Å². The number of halogens is 1. The molecule has 0 bridgehead atoms. The van der Waals surface area contributed by atoms with Gasteiger partial charge in [-0.2, -0.15) is 0 Å². The summed E-state index contributed by atoms with van der Waals surface area (Å²) in [5.41, 5.74) is 3.29. The Morgan fingerprint density at radius 1 is 1.24 bits per heavy atom. The summed E-state index contributed by atoms with van der Waals surface area (Å²) in [6, 6.07) is 12.4. The third-order valence-electron chi connectivity index (χ3n) is 4.68. The number of carbonyl (C=O) groups excluding carboxylic acids is 1. The lowest BCUT2D eigenvalue weighted by molar-refractivity contribution is -0.105. The predicted molar refractivity (Wildman–Crippen MR) is 95.9 cm³/mol. The average molecular weight is 342 g/mol. The molecule has 5 heteroatoms. The lowest BCUT2D eigenvalue weighted by atomic mass is 9.82. The van der Waals surface area contributed by atoms with Crippen LogP contribution in [0, 0.1) is 5.82 Å². The number of amides is 1. The smallest absolute Gasteiger partial charge is 0.211 e. The van der Waals surface area contributed by atoms with E-state index in [0.717, 1.165) is 41.8 Å². The summed E-state index contributed by atoms with van der Waals surface area (Å²) in [5, 5.41) is 2.68. The highest BCUT2D eigenvalue weighted by Crippen LogP contribution is 2.46. The molecule has 25 heavy (non-hydrogen) atoms. The molecule has 3 rings (SSSR count). The van der Waals surface area contributed by atoms with E-state index in [1.165, 1.54) is 12.1 Å². The lowest BCUT2D eigenvalue weighted by Gasteiger charge is -2.31. The Labute approximate surface area is 147 Å². The van der Waals surface area contributed by atoms with Gasteiger partial charge in [0.25, 0.3) is 0 Å². The third kappa shape index (κ3) is 3.57. The van der Waals surface area contributed by atoms with Crippen LogP contribution in [0.25, 0.3) is 0 Å². The van der Waals surface area contributed by atoms with E-state index in [9.17, 15) is 9.18 Å². The van der Waals surface area contributed by atoms with Crippen molar-refractivity contribution in [2.75, 3.05) is 26.0 Å². The molecule has 0 aromatic heterocycles. The van der Waals surface area contributed by atoms with E-state index < -0.39 is 5.60 Å². The zero-order chi connectivity index (χ0) is 17.9. The maximum absolute atomic E-state index is 13.4. The molecule has 0 saturated heterocycles. The number of fused-ring (bicyclic) bond motifs is 1. The molecule has 1 amide bonds. The lowest BCUT2D eigenvalue weighted by Crippen LogP contribution is -2.28. The van der Waals surface area contributed by atoms with Gasteiger partial charge in [0.2, 0.25) is 6.41 Å². The van der Waals surface area contributed by atoms with Gasteiger partial charge in [0.15, 0.2) is 0 Å². The van der Waals surface area contributed by atoms with Crippen LogP contribution in [0.1, 0.15) is 29.5 Å². The number of ether oxygens (including phenoxy) is 1. The molecule has 2 aromatic rings. The van der Waals surface area contributed by atoms with E-state index in [0.29, 0.717) is 13.0 Å². The molecule has 132 valence electrons. The molecule has 1 heterocycles. The van der Waals surface area contributed by atoms with Gasteiger partial charge in [0.05, 0.1) is 6.61 Å². The Kier molecular flexibility index (Phi) is 5.16. The molecule has 0 radical (unpaired) electrons. The van der Waals surface area contributed by atoms with Gasteiger partial charge in [-0.3, -0.25) is 4.79 Å². The minimum Gasteiger partial charge on any atom is -0.361 e. The van der Waals surface area contributed by atoms with Gasteiger partial charge < -0.3 is 15.0 Å². The number of nitrogens with one attached hydrogen (secondary N) is 1. The SMILES string of the molecule is CN(C)CCCC1(c2ccc(F)cc2)OCc2cc(NC=O)ccc21. The fourth-order valence-corrected chi connectivity index (χ4v) is 3.50. The monoisotopic (exact) mass is 342 g/mol. The van der Waals surface area contributed by atoms with Crippen molar-refractivity contribution in [3.63, 3.8) is 0 Å². The highest BCUT2D eigenvalue weighted by Gasteiger charge is 2.41. The number of rotatable bonds is 7. The number of nitrogens with zero attached hydrogens (tertiary/aromatic N) is 1. The highest BCUT2D eigenvalue weighted by atomic mass is 19.1.